The average molecular weight is 485 g/mol. The number of amides is 1. The molecule has 1 amide bonds. The van der Waals surface area contributed by atoms with Crippen molar-refractivity contribution in [3.63, 3.8) is 0 Å². The molecular formula is C24H28N4O5S. The number of ether oxygens (including phenoxy) is 3. The second-order valence-corrected chi connectivity index (χ2v) is 8.02. The van der Waals surface area contributed by atoms with Crippen LogP contribution in [-0.2, 0) is 20.9 Å². The molecule has 3 aromatic rings. The standard InChI is InChI=1S/C24H28N4O5S/c1-3-32-23(30)10-7-15-25-22(29)17-34-24-27-26-21(28(24)18-8-5-4-6-9-18)16-33-20-13-11-19(31-2)12-14-20/h4-6,8-9,11-14H,3,7,10,15-17H2,1-2H3,(H,25,29). The largest absolute Gasteiger partial charge is 0.497 e. The lowest BCUT2D eigenvalue weighted by molar-refractivity contribution is -0.143. The number of carbonyl (C=O) groups is 2. The zero-order valence-electron chi connectivity index (χ0n) is 19.2. The Kier molecular flexibility index (Phi) is 9.78. The number of aromatic nitrogens is 3. The van der Waals surface area contributed by atoms with E-state index in [0.29, 0.717) is 36.3 Å². The van der Waals surface area contributed by atoms with Gasteiger partial charge in [-0.15, -0.1) is 10.2 Å². The van der Waals surface area contributed by atoms with Crippen LogP contribution >= 0.6 is 11.8 Å². The van der Waals surface area contributed by atoms with E-state index in [0.717, 1.165) is 11.4 Å². The molecule has 0 saturated heterocycles. The van der Waals surface area contributed by atoms with Crippen LogP contribution in [0.15, 0.2) is 59.8 Å². The number of carbonyl (C=O) groups excluding carboxylic acids is 2. The minimum absolute atomic E-state index is 0.146. The van der Waals surface area contributed by atoms with Crippen molar-refractivity contribution in [2.75, 3.05) is 26.0 Å². The molecule has 1 aromatic heterocycles. The molecule has 10 heteroatoms. The van der Waals surface area contributed by atoms with Crippen LogP contribution in [0.3, 0.4) is 0 Å². The molecule has 0 aliphatic carbocycles. The number of nitrogens with one attached hydrogen (secondary N) is 1. The molecule has 0 spiro atoms. The van der Waals surface area contributed by atoms with Crippen molar-refractivity contribution in [1.82, 2.24) is 20.1 Å². The SMILES string of the molecule is CCOC(=O)CCCNC(=O)CSc1nnc(COc2ccc(OC)cc2)n1-c1ccccc1. The van der Waals surface area contributed by atoms with Gasteiger partial charge in [-0.3, -0.25) is 14.2 Å². The van der Waals surface area contributed by atoms with Crippen LogP contribution in [0, 0.1) is 0 Å². The number of thioether (sulfide) groups is 1. The van der Waals surface area contributed by atoms with Gasteiger partial charge in [0.25, 0.3) is 0 Å². The van der Waals surface area contributed by atoms with Crippen molar-refractivity contribution in [2.45, 2.75) is 31.5 Å². The van der Waals surface area contributed by atoms with Crippen molar-refractivity contribution >= 4 is 23.6 Å². The van der Waals surface area contributed by atoms with E-state index in [2.05, 4.69) is 15.5 Å². The number of benzene rings is 2. The fourth-order valence-corrected chi connectivity index (χ4v) is 3.82. The smallest absolute Gasteiger partial charge is 0.305 e. The molecule has 0 radical (unpaired) electrons. The van der Waals surface area contributed by atoms with Gasteiger partial charge in [0, 0.05) is 18.7 Å². The van der Waals surface area contributed by atoms with E-state index in [4.69, 9.17) is 14.2 Å². The molecule has 0 saturated carbocycles. The highest BCUT2D eigenvalue weighted by Crippen LogP contribution is 2.23. The Bertz CT molecular complexity index is 1060. The summed E-state index contributed by atoms with van der Waals surface area (Å²) in [6.45, 7) is 2.73. The molecule has 9 nitrogen and oxygen atoms in total. The van der Waals surface area contributed by atoms with Gasteiger partial charge in [-0.25, -0.2) is 0 Å². The predicted octanol–water partition coefficient (Wildman–Crippen LogP) is 3.41. The summed E-state index contributed by atoms with van der Waals surface area (Å²) in [6.07, 6.45) is 0.809. The predicted molar refractivity (Wildman–Crippen MR) is 128 cm³/mol. The van der Waals surface area contributed by atoms with E-state index in [1.807, 2.05) is 59.2 Å². The number of esters is 1. The third kappa shape index (κ3) is 7.51. The quantitative estimate of drug-likeness (QED) is 0.224. The Hall–Kier alpha value is -3.53. The molecule has 2 aromatic carbocycles. The summed E-state index contributed by atoms with van der Waals surface area (Å²) >= 11 is 1.28. The Morgan fingerprint density at radius 1 is 1.03 bits per heavy atom. The van der Waals surface area contributed by atoms with Crippen molar-refractivity contribution in [3.05, 3.63) is 60.4 Å². The lowest BCUT2D eigenvalue weighted by atomic mass is 10.3. The molecule has 3 rings (SSSR count). The molecule has 1 N–H and O–H groups in total. The fraction of sp³-hybridized carbons (Fsp3) is 0.333. The maximum atomic E-state index is 12.3. The van der Waals surface area contributed by atoms with E-state index in [-0.39, 0.29) is 30.7 Å². The van der Waals surface area contributed by atoms with Crippen molar-refractivity contribution in [3.8, 4) is 17.2 Å². The molecule has 34 heavy (non-hydrogen) atoms. The Labute approximate surface area is 202 Å². The van der Waals surface area contributed by atoms with Crippen molar-refractivity contribution < 1.29 is 23.8 Å². The summed E-state index contributed by atoms with van der Waals surface area (Å²) in [4.78, 5) is 23.6. The zero-order chi connectivity index (χ0) is 24.2. The molecule has 0 aliphatic heterocycles. The van der Waals surface area contributed by atoms with E-state index >= 15 is 0 Å². The van der Waals surface area contributed by atoms with E-state index in [1.54, 1.807) is 14.0 Å². The van der Waals surface area contributed by atoms with Crippen molar-refractivity contribution in [1.29, 1.82) is 0 Å². The summed E-state index contributed by atoms with van der Waals surface area (Å²) < 4.78 is 17.8. The first-order valence-corrected chi connectivity index (χ1v) is 11.9. The van der Waals surface area contributed by atoms with E-state index in [9.17, 15) is 9.59 Å². The third-order valence-corrected chi connectivity index (χ3v) is 5.59. The fourth-order valence-electron chi connectivity index (χ4n) is 3.02. The first-order chi connectivity index (χ1) is 16.6. The summed E-state index contributed by atoms with van der Waals surface area (Å²) in [7, 11) is 1.61. The van der Waals surface area contributed by atoms with Gasteiger partial charge >= 0.3 is 5.97 Å². The molecule has 0 atom stereocenters. The first-order valence-electron chi connectivity index (χ1n) is 10.9. The normalized spacial score (nSPS) is 10.5. The molecule has 0 aliphatic rings. The third-order valence-electron chi connectivity index (χ3n) is 4.66. The highest BCUT2D eigenvalue weighted by molar-refractivity contribution is 7.99. The molecule has 180 valence electrons. The summed E-state index contributed by atoms with van der Waals surface area (Å²) in [6, 6.07) is 17.0. The molecule has 1 heterocycles. The lowest BCUT2D eigenvalue weighted by Crippen LogP contribution is -2.26. The maximum Gasteiger partial charge on any atom is 0.305 e. The van der Waals surface area contributed by atoms with Crippen LogP contribution in [0.2, 0.25) is 0 Å². The van der Waals surface area contributed by atoms with Gasteiger partial charge in [-0.2, -0.15) is 0 Å². The highest BCUT2D eigenvalue weighted by atomic mass is 32.2. The second-order valence-electron chi connectivity index (χ2n) is 7.08. The topological polar surface area (TPSA) is 105 Å². The number of nitrogens with zero attached hydrogens (tertiary/aromatic N) is 3. The first kappa shape index (κ1) is 25.1. The van der Waals surface area contributed by atoms with Crippen LogP contribution in [0.5, 0.6) is 11.5 Å². The second kappa shape index (κ2) is 13.2. The van der Waals surface area contributed by atoms with E-state index in [1.165, 1.54) is 11.8 Å². The van der Waals surface area contributed by atoms with Crippen LogP contribution in [-0.4, -0.2) is 52.7 Å². The summed E-state index contributed by atoms with van der Waals surface area (Å²) in [5.41, 5.74) is 0.873. The van der Waals surface area contributed by atoms with Crippen molar-refractivity contribution in [2.24, 2.45) is 0 Å². The van der Waals surface area contributed by atoms with Crippen LogP contribution in [0.1, 0.15) is 25.6 Å². The summed E-state index contributed by atoms with van der Waals surface area (Å²) in [5.74, 6) is 1.81. The monoisotopic (exact) mass is 484 g/mol. The number of rotatable bonds is 13. The van der Waals surface area contributed by atoms with Crippen LogP contribution < -0.4 is 14.8 Å². The van der Waals surface area contributed by atoms with Gasteiger partial charge in [0.15, 0.2) is 11.0 Å². The maximum absolute atomic E-state index is 12.3. The summed E-state index contributed by atoms with van der Waals surface area (Å²) in [5, 5.41) is 12.0. The van der Waals surface area contributed by atoms with Crippen LogP contribution in [0.25, 0.3) is 5.69 Å². The van der Waals surface area contributed by atoms with Gasteiger partial charge in [0.1, 0.15) is 18.1 Å². The lowest BCUT2D eigenvalue weighted by Gasteiger charge is -2.11. The number of hydrogen-bond acceptors (Lipinski definition) is 8. The van der Waals surface area contributed by atoms with E-state index < -0.39 is 0 Å². The number of hydrogen-bond donors (Lipinski definition) is 1. The number of methoxy groups -OCH3 is 1. The Morgan fingerprint density at radius 2 is 1.76 bits per heavy atom. The van der Waals surface area contributed by atoms with Crippen LogP contribution in [0.4, 0.5) is 0 Å². The van der Waals surface area contributed by atoms with Gasteiger partial charge < -0.3 is 19.5 Å². The Balaban J connectivity index is 1.60. The minimum atomic E-state index is -0.258. The molecule has 0 fully saturated rings. The number of para-hydroxylation sites is 1. The average Bonchev–Trinajstić information content (AvgIpc) is 3.28. The molecular weight excluding hydrogens is 456 g/mol. The van der Waals surface area contributed by atoms with Gasteiger partial charge in [0.2, 0.25) is 5.91 Å². The zero-order valence-corrected chi connectivity index (χ0v) is 20.0. The minimum Gasteiger partial charge on any atom is -0.497 e. The van der Waals surface area contributed by atoms with Gasteiger partial charge in [0.05, 0.1) is 19.5 Å². The highest BCUT2D eigenvalue weighted by Gasteiger charge is 2.16. The van der Waals surface area contributed by atoms with Gasteiger partial charge in [-0.05, 0) is 49.7 Å². The molecule has 0 unspecified atom stereocenters. The van der Waals surface area contributed by atoms with Gasteiger partial charge in [-0.1, -0.05) is 30.0 Å². The Morgan fingerprint density at radius 3 is 2.47 bits per heavy atom. The molecule has 0 bridgehead atoms.